The number of carbonyl (C=O) groups excluding carboxylic acids is 1. The van der Waals surface area contributed by atoms with Crippen LogP contribution in [0.5, 0.6) is 0 Å². The largest absolute Gasteiger partial charge is 0.418 e. The van der Waals surface area contributed by atoms with Gasteiger partial charge in [0.15, 0.2) is 0 Å². The molecule has 1 aliphatic heterocycles. The summed E-state index contributed by atoms with van der Waals surface area (Å²) >= 11 is 0.877. The monoisotopic (exact) mass is 404 g/mol. The Morgan fingerprint density at radius 2 is 1.81 bits per heavy atom. The summed E-state index contributed by atoms with van der Waals surface area (Å²) in [4.78, 5) is 12.3. The number of nitrogens with zero attached hydrogens (tertiary/aromatic N) is 1. The predicted molar refractivity (Wildman–Crippen MR) is 91.7 cm³/mol. The lowest BCUT2D eigenvalue weighted by atomic mass is 10.1. The molecule has 5 nitrogen and oxygen atoms in total. The van der Waals surface area contributed by atoms with Gasteiger partial charge in [-0.3, -0.25) is 4.79 Å². The molecule has 10 heteroatoms. The minimum Gasteiger partial charge on any atom is -0.321 e. The molecule has 1 aromatic heterocycles. The van der Waals surface area contributed by atoms with Crippen LogP contribution in [-0.4, -0.2) is 31.7 Å². The maximum atomic E-state index is 13.0. The molecule has 1 saturated heterocycles. The molecule has 2 heterocycles. The number of anilines is 1. The molecule has 0 spiro atoms. The number of thiophene rings is 1. The van der Waals surface area contributed by atoms with E-state index in [0.717, 1.165) is 36.3 Å². The van der Waals surface area contributed by atoms with Crippen LogP contribution in [-0.2, 0) is 16.2 Å². The Kier molecular flexibility index (Phi) is 5.09. The molecule has 1 aliphatic rings. The van der Waals surface area contributed by atoms with E-state index in [4.69, 9.17) is 0 Å². The van der Waals surface area contributed by atoms with E-state index in [9.17, 15) is 26.4 Å². The standard InChI is InChI=1S/C16H15F3N2O3S2/c17-16(18,19)12-5-1-2-6-13(12)20-15(22)14-9-11(10-25-14)26(23,24)21-7-3-4-8-21/h1-2,5-6,9-10H,3-4,7-8H2,(H,20,22). The molecule has 26 heavy (non-hydrogen) atoms. The molecule has 140 valence electrons. The summed E-state index contributed by atoms with van der Waals surface area (Å²) in [6.45, 7) is 0.858. The highest BCUT2D eigenvalue weighted by Crippen LogP contribution is 2.35. The number of hydrogen-bond acceptors (Lipinski definition) is 4. The molecule has 0 atom stereocenters. The molecular weight excluding hydrogens is 389 g/mol. The SMILES string of the molecule is O=C(Nc1ccccc1C(F)(F)F)c1cc(S(=O)(=O)N2CCCC2)cs1. The second-order valence-corrected chi connectivity index (χ2v) is 8.60. The first kappa shape index (κ1) is 18.9. The van der Waals surface area contributed by atoms with E-state index < -0.39 is 27.7 Å². The van der Waals surface area contributed by atoms with Crippen LogP contribution in [0.2, 0.25) is 0 Å². The molecule has 3 rings (SSSR count). The number of para-hydroxylation sites is 1. The smallest absolute Gasteiger partial charge is 0.321 e. The fraction of sp³-hybridized carbons (Fsp3) is 0.312. The molecule has 0 aliphatic carbocycles. The topological polar surface area (TPSA) is 66.5 Å². The zero-order chi connectivity index (χ0) is 18.9. The summed E-state index contributed by atoms with van der Waals surface area (Å²) in [6.07, 6.45) is -3.04. The molecule has 0 bridgehead atoms. The van der Waals surface area contributed by atoms with Gasteiger partial charge >= 0.3 is 6.18 Å². The van der Waals surface area contributed by atoms with Crippen molar-refractivity contribution in [1.29, 1.82) is 0 Å². The minimum atomic E-state index is -4.61. The highest BCUT2D eigenvalue weighted by molar-refractivity contribution is 7.89. The first-order chi connectivity index (χ1) is 12.2. The Morgan fingerprint density at radius 1 is 1.15 bits per heavy atom. The number of nitrogens with one attached hydrogen (secondary N) is 1. The van der Waals surface area contributed by atoms with Gasteiger partial charge < -0.3 is 5.32 Å². The van der Waals surface area contributed by atoms with Crippen LogP contribution in [0.4, 0.5) is 18.9 Å². The summed E-state index contributed by atoms with van der Waals surface area (Å²) < 4.78 is 65.3. The van der Waals surface area contributed by atoms with Crippen molar-refractivity contribution in [3.05, 3.63) is 46.2 Å². The molecular formula is C16H15F3N2O3S2. The van der Waals surface area contributed by atoms with Gasteiger partial charge in [0.1, 0.15) is 0 Å². The first-order valence-electron chi connectivity index (χ1n) is 7.76. The van der Waals surface area contributed by atoms with Gasteiger partial charge in [-0.25, -0.2) is 8.42 Å². The van der Waals surface area contributed by atoms with Crippen molar-refractivity contribution in [1.82, 2.24) is 4.31 Å². The van der Waals surface area contributed by atoms with Gasteiger partial charge in [0.05, 0.1) is 21.0 Å². The van der Waals surface area contributed by atoms with Crippen molar-refractivity contribution in [2.75, 3.05) is 18.4 Å². The molecule has 0 unspecified atom stereocenters. The highest BCUT2D eigenvalue weighted by Gasteiger charge is 2.34. The van der Waals surface area contributed by atoms with Crippen LogP contribution >= 0.6 is 11.3 Å². The maximum Gasteiger partial charge on any atom is 0.418 e. The molecule has 1 aromatic carbocycles. The summed E-state index contributed by atoms with van der Waals surface area (Å²) in [6, 6.07) is 5.82. The fourth-order valence-electron chi connectivity index (χ4n) is 2.67. The first-order valence-corrected chi connectivity index (χ1v) is 10.1. The molecule has 1 amide bonds. The zero-order valence-corrected chi connectivity index (χ0v) is 15.0. The van der Waals surface area contributed by atoms with Crippen molar-refractivity contribution in [3.63, 3.8) is 0 Å². The average Bonchev–Trinajstić information content (AvgIpc) is 3.26. The van der Waals surface area contributed by atoms with Gasteiger partial charge in [-0.1, -0.05) is 12.1 Å². The minimum absolute atomic E-state index is 0.0151. The van der Waals surface area contributed by atoms with Crippen LogP contribution in [0.1, 0.15) is 28.1 Å². The van der Waals surface area contributed by atoms with Crippen LogP contribution in [0.3, 0.4) is 0 Å². The molecule has 1 fully saturated rings. The Balaban J connectivity index is 1.82. The van der Waals surface area contributed by atoms with E-state index in [2.05, 4.69) is 5.32 Å². The molecule has 0 saturated carbocycles. The van der Waals surface area contributed by atoms with Gasteiger partial charge in [-0.05, 0) is 31.0 Å². The van der Waals surface area contributed by atoms with Crippen molar-refractivity contribution in [3.8, 4) is 0 Å². The molecule has 2 aromatic rings. The number of benzene rings is 1. The third-order valence-corrected chi connectivity index (χ3v) is 6.94. The van der Waals surface area contributed by atoms with E-state index in [0.29, 0.717) is 13.1 Å². The van der Waals surface area contributed by atoms with Crippen molar-refractivity contribution >= 4 is 33.0 Å². The summed E-state index contributed by atoms with van der Waals surface area (Å²) in [7, 11) is -3.67. The summed E-state index contributed by atoms with van der Waals surface area (Å²) in [5.41, 5.74) is -1.34. The van der Waals surface area contributed by atoms with Gasteiger partial charge in [-0.15, -0.1) is 11.3 Å². The maximum absolute atomic E-state index is 13.0. The highest BCUT2D eigenvalue weighted by atomic mass is 32.2. The van der Waals surface area contributed by atoms with Gasteiger partial charge in [0, 0.05) is 18.5 Å². The molecule has 1 N–H and O–H groups in total. The predicted octanol–water partition coefficient (Wildman–Crippen LogP) is 3.80. The number of halogens is 3. The van der Waals surface area contributed by atoms with Crippen molar-refractivity contribution in [2.45, 2.75) is 23.9 Å². The number of alkyl halides is 3. The average molecular weight is 404 g/mol. The Labute approximate surface area is 152 Å². The Bertz CT molecular complexity index is 917. The Hall–Kier alpha value is -1.91. The van der Waals surface area contributed by atoms with E-state index in [1.54, 1.807) is 0 Å². The Morgan fingerprint density at radius 3 is 2.46 bits per heavy atom. The van der Waals surface area contributed by atoms with E-state index in [1.165, 1.54) is 27.9 Å². The second kappa shape index (κ2) is 7.01. The lowest BCUT2D eigenvalue weighted by Crippen LogP contribution is -2.27. The molecule has 0 radical (unpaired) electrons. The number of carbonyl (C=O) groups is 1. The van der Waals surface area contributed by atoms with E-state index in [-0.39, 0.29) is 15.5 Å². The van der Waals surface area contributed by atoms with E-state index >= 15 is 0 Å². The number of rotatable bonds is 4. The summed E-state index contributed by atoms with van der Waals surface area (Å²) in [5, 5.41) is 3.54. The van der Waals surface area contributed by atoms with Gasteiger partial charge in [-0.2, -0.15) is 17.5 Å². The number of hydrogen-bond donors (Lipinski definition) is 1. The quantitative estimate of drug-likeness (QED) is 0.843. The lowest BCUT2D eigenvalue weighted by Gasteiger charge is -2.14. The van der Waals surface area contributed by atoms with Crippen molar-refractivity contribution < 1.29 is 26.4 Å². The third kappa shape index (κ3) is 3.76. The second-order valence-electron chi connectivity index (χ2n) is 5.76. The van der Waals surface area contributed by atoms with Crippen LogP contribution < -0.4 is 5.32 Å². The zero-order valence-electron chi connectivity index (χ0n) is 13.4. The van der Waals surface area contributed by atoms with E-state index in [1.807, 2.05) is 0 Å². The summed E-state index contributed by atoms with van der Waals surface area (Å²) in [5.74, 6) is -0.783. The van der Waals surface area contributed by atoms with Crippen LogP contribution in [0.15, 0.2) is 40.6 Å². The van der Waals surface area contributed by atoms with Gasteiger partial charge in [0.25, 0.3) is 5.91 Å². The fourth-order valence-corrected chi connectivity index (χ4v) is 5.35. The number of sulfonamides is 1. The van der Waals surface area contributed by atoms with Crippen LogP contribution in [0, 0.1) is 0 Å². The van der Waals surface area contributed by atoms with Gasteiger partial charge in [0.2, 0.25) is 10.0 Å². The third-order valence-electron chi connectivity index (χ3n) is 3.98. The number of amides is 1. The van der Waals surface area contributed by atoms with Crippen molar-refractivity contribution in [2.24, 2.45) is 0 Å². The lowest BCUT2D eigenvalue weighted by molar-refractivity contribution is -0.136. The normalized spacial score (nSPS) is 16.0. The van der Waals surface area contributed by atoms with Crippen LogP contribution in [0.25, 0.3) is 0 Å².